The first-order valence-electron chi connectivity index (χ1n) is 11.0. The molecule has 4 rings (SSSR count). The highest BCUT2D eigenvalue weighted by molar-refractivity contribution is 6.23. The van der Waals surface area contributed by atoms with Crippen LogP contribution in [0.15, 0.2) is 78.9 Å². The predicted molar refractivity (Wildman–Crippen MR) is 126 cm³/mol. The number of hydrogen-bond donors (Lipinski definition) is 0. The Bertz CT molecular complexity index is 1240. The molecule has 35 heavy (non-hydrogen) atoms. The molecule has 7 nitrogen and oxygen atoms in total. The van der Waals surface area contributed by atoms with Crippen LogP contribution in [-0.4, -0.2) is 48.3 Å². The zero-order valence-electron chi connectivity index (χ0n) is 19.0. The van der Waals surface area contributed by atoms with Gasteiger partial charge < -0.3 is 9.64 Å². The summed E-state index contributed by atoms with van der Waals surface area (Å²) in [6.45, 7) is 0.193. The second-order valence-electron chi connectivity index (χ2n) is 8.07. The third-order valence-corrected chi connectivity index (χ3v) is 5.88. The van der Waals surface area contributed by atoms with Crippen molar-refractivity contribution in [1.82, 2.24) is 4.90 Å². The molecule has 0 aliphatic carbocycles. The Labute approximate surface area is 201 Å². The van der Waals surface area contributed by atoms with E-state index in [9.17, 15) is 23.6 Å². The molecule has 1 unspecified atom stereocenters. The third kappa shape index (κ3) is 5.11. The molecule has 0 radical (unpaired) electrons. The van der Waals surface area contributed by atoms with Crippen LogP contribution in [-0.2, 0) is 20.7 Å². The summed E-state index contributed by atoms with van der Waals surface area (Å²) in [5, 5.41) is 0. The molecule has 0 N–H and O–H groups in total. The molecule has 1 aliphatic heterocycles. The largest absolute Gasteiger partial charge is 0.465 e. The van der Waals surface area contributed by atoms with Gasteiger partial charge in [-0.25, -0.2) is 14.1 Å². The summed E-state index contributed by atoms with van der Waals surface area (Å²) in [5.74, 6) is -2.47. The van der Waals surface area contributed by atoms with Crippen LogP contribution in [0.2, 0.25) is 0 Å². The standard InChI is InChI=1S/C27H23FN2O5/c1-35-27(34)20-9-13-22(14-10-20)30-24(31)17-23(26(30)33)29(16-15-18-5-3-2-4-6-18)25(32)19-7-11-21(28)12-8-19/h2-14,23H,15-17H2,1H3. The Kier molecular flexibility index (Phi) is 7.01. The molecule has 3 aromatic rings. The average molecular weight is 474 g/mol. The zero-order chi connectivity index (χ0) is 24.9. The zero-order valence-corrected chi connectivity index (χ0v) is 19.0. The van der Waals surface area contributed by atoms with E-state index in [4.69, 9.17) is 0 Å². The fourth-order valence-electron chi connectivity index (χ4n) is 4.05. The topological polar surface area (TPSA) is 84.0 Å². The van der Waals surface area contributed by atoms with Gasteiger partial charge in [0.1, 0.15) is 11.9 Å². The van der Waals surface area contributed by atoms with Gasteiger partial charge >= 0.3 is 5.97 Å². The van der Waals surface area contributed by atoms with Gasteiger partial charge in [-0.2, -0.15) is 0 Å². The van der Waals surface area contributed by atoms with Crippen molar-refractivity contribution in [2.45, 2.75) is 18.9 Å². The Morgan fingerprint density at radius 3 is 2.20 bits per heavy atom. The summed E-state index contributed by atoms with van der Waals surface area (Å²) in [7, 11) is 1.26. The van der Waals surface area contributed by atoms with E-state index in [1.54, 1.807) is 0 Å². The minimum atomic E-state index is -1.01. The maximum absolute atomic E-state index is 13.4. The van der Waals surface area contributed by atoms with Crippen molar-refractivity contribution in [3.8, 4) is 0 Å². The first kappa shape index (κ1) is 23.8. The molecule has 178 valence electrons. The van der Waals surface area contributed by atoms with E-state index in [2.05, 4.69) is 4.74 Å². The molecule has 1 atom stereocenters. The van der Waals surface area contributed by atoms with Gasteiger partial charge in [0.25, 0.3) is 11.8 Å². The van der Waals surface area contributed by atoms with Crippen molar-refractivity contribution in [2.24, 2.45) is 0 Å². The summed E-state index contributed by atoms with van der Waals surface area (Å²) < 4.78 is 18.1. The number of anilines is 1. The average Bonchev–Trinajstić information content (AvgIpc) is 3.18. The van der Waals surface area contributed by atoms with Gasteiger partial charge in [0.15, 0.2) is 0 Å². The lowest BCUT2D eigenvalue weighted by atomic mass is 10.1. The number of methoxy groups -OCH3 is 1. The number of carbonyl (C=O) groups is 4. The number of esters is 1. The number of halogens is 1. The highest BCUT2D eigenvalue weighted by Gasteiger charge is 2.44. The Morgan fingerprint density at radius 2 is 1.57 bits per heavy atom. The third-order valence-electron chi connectivity index (χ3n) is 5.88. The molecular weight excluding hydrogens is 451 g/mol. The monoisotopic (exact) mass is 474 g/mol. The van der Waals surface area contributed by atoms with Crippen molar-refractivity contribution in [2.75, 3.05) is 18.6 Å². The van der Waals surface area contributed by atoms with Crippen LogP contribution >= 0.6 is 0 Å². The van der Waals surface area contributed by atoms with Crippen molar-refractivity contribution in [3.63, 3.8) is 0 Å². The van der Waals surface area contributed by atoms with E-state index < -0.39 is 35.5 Å². The molecule has 1 saturated heterocycles. The number of carbonyl (C=O) groups excluding carboxylic acids is 4. The first-order valence-corrected chi connectivity index (χ1v) is 11.0. The predicted octanol–water partition coefficient (Wildman–Crippen LogP) is 3.63. The molecule has 0 spiro atoms. The summed E-state index contributed by atoms with van der Waals surface area (Å²) >= 11 is 0. The highest BCUT2D eigenvalue weighted by atomic mass is 19.1. The quantitative estimate of drug-likeness (QED) is 0.386. The molecule has 3 aromatic carbocycles. The highest BCUT2D eigenvalue weighted by Crippen LogP contribution is 2.27. The molecule has 0 bridgehead atoms. The first-order chi connectivity index (χ1) is 16.9. The lowest BCUT2D eigenvalue weighted by molar-refractivity contribution is -0.122. The molecule has 1 heterocycles. The van der Waals surface area contributed by atoms with Crippen LogP contribution in [0.1, 0.15) is 32.7 Å². The van der Waals surface area contributed by atoms with Crippen LogP contribution in [0, 0.1) is 5.82 Å². The molecule has 8 heteroatoms. The number of nitrogens with zero attached hydrogens (tertiary/aromatic N) is 2. The van der Waals surface area contributed by atoms with Gasteiger partial charge in [-0.1, -0.05) is 30.3 Å². The molecular formula is C27H23FN2O5. The SMILES string of the molecule is COC(=O)c1ccc(N2C(=O)CC(N(CCc3ccccc3)C(=O)c3ccc(F)cc3)C2=O)cc1. The van der Waals surface area contributed by atoms with Gasteiger partial charge in [-0.3, -0.25) is 14.4 Å². The molecule has 0 saturated carbocycles. The number of benzene rings is 3. The Balaban J connectivity index is 1.61. The molecule has 0 aromatic heterocycles. The van der Waals surface area contributed by atoms with Crippen LogP contribution in [0.25, 0.3) is 0 Å². The van der Waals surface area contributed by atoms with Crippen molar-refractivity contribution in [3.05, 3.63) is 101 Å². The second kappa shape index (κ2) is 10.3. The minimum absolute atomic E-state index is 0.181. The number of imide groups is 1. The van der Waals surface area contributed by atoms with Gasteiger partial charge in [0.2, 0.25) is 5.91 Å². The van der Waals surface area contributed by atoms with Crippen molar-refractivity contribution >= 4 is 29.4 Å². The number of hydrogen-bond acceptors (Lipinski definition) is 5. The van der Waals surface area contributed by atoms with E-state index in [1.807, 2.05) is 30.3 Å². The van der Waals surface area contributed by atoms with Gasteiger partial charge in [0, 0.05) is 12.1 Å². The summed E-state index contributed by atoms with van der Waals surface area (Å²) in [4.78, 5) is 53.8. The number of amides is 3. The van der Waals surface area contributed by atoms with E-state index in [0.717, 1.165) is 10.5 Å². The molecule has 1 fully saturated rings. The Morgan fingerprint density at radius 1 is 0.943 bits per heavy atom. The summed E-state index contributed by atoms with van der Waals surface area (Å²) in [6.07, 6.45) is 0.291. The minimum Gasteiger partial charge on any atom is -0.465 e. The maximum atomic E-state index is 13.4. The fourth-order valence-corrected chi connectivity index (χ4v) is 4.05. The van der Waals surface area contributed by atoms with Crippen LogP contribution in [0.3, 0.4) is 0 Å². The van der Waals surface area contributed by atoms with E-state index in [1.165, 1.54) is 60.5 Å². The molecule has 1 aliphatic rings. The van der Waals surface area contributed by atoms with Gasteiger partial charge in [-0.15, -0.1) is 0 Å². The van der Waals surface area contributed by atoms with Gasteiger partial charge in [-0.05, 0) is 60.5 Å². The fraction of sp³-hybridized carbons (Fsp3) is 0.185. The van der Waals surface area contributed by atoms with E-state index in [-0.39, 0.29) is 24.1 Å². The van der Waals surface area contributed by atoms with Gasteiger partial charge in [0.05, 0.1) is 24.8 Å². The number of rotatable bonds is 7. The normalized spacial score (nSPS) is 15.3. The van der Waals surface area contributed by atoms with E-state index >= 15 is 0 Å². The smallest absolute Gasteiger partial charge is 0.337 e. The van der Waals surface area contributed by atoms with Crippen LogP contribution < -0.4 is 4.90 Å². The summed E-state index contributed by atoms with van der Waals surface area (Å²) in [5.41, 5.74) is 1.77. The van der Waals surface area contributed by atoms with Crippen LogP contribution in [0.4, 0.5) is 10.1 Å². The second-order valence-corrected chi connectivity index (χ2v) is 8.07. The van der Waals surface area contributed by atoms with Crippen molar-refractivity contribution < 1.29 is 28.3 Å². The Hall–Kier alpha value is -4.33. The summed E-state index contributed by atoms with van der Waals surface area (Å²) in [6, 6.07) is 19.4. The van der Waals surface area contributed by atoms with Crippen molar-refractivity contribution in [1.29, 1.82) is 0 Å². The lowest BCUT2D eigenvalue weighted by Gasteiger charge is -2.28. The van der Waals surface area contributed by atoms with Crippen LogP contribution in [0.5, 0.6) is 0 Å². The lowest BCUT2D eigenvalue weighted by Crippen LogP contribution is -2.46. The van der Waals surface area contributed by atoms with E-state index in [0.29, 0.717) is 12.1 Å². The molecule has 3 amide bonds. The maximum Gasteiger partial charge on any atom is 0.337 e. The number of ether oxygens (including phenoxy) is 1.